The third-order valence-corrected chi connectivity index (χ3v) is 5.32. The van der Waals surface area contributed by atoms with E-state index >= 15 is 0 Å². The summed E-state index contributed by atoms with van der Waals surface area (Å²) in [5.74, 6) is 0.353. The Bertz CT molecular complexity index is 1120. The van der Waals surface area contributed by atoms with Crippen LogP contribution in [0.25, 0.3) is 0 Å². The molecule has 1 aliphatic heterocycles. The number of carbonyl (C=O) groups is 1. The number of aromatic nitrogens is 2. The number of hydrogen-bond acceptors (Lipinski definition) is 3. The van der Waals surface area contributed by atoms with E-state index in [1.165, 1.54) is 18.1 Å². The molecule has 0 aliphatic carbocycles. The number of halogens is 3. The maximum Gasteiger partial charge on any atom is 0.416 e. The normalized spacial score (nSPS) is 16.2. The lowest BCUT2D eigenvalue weighted by Crippen LogP contribution is -2.30. The van der Waals surface area contributed by atoms with Gasteiger partial charge in [-0.2, -0.15) is 18.3 Å². The van der Waals surface area contributed by atoms with Crippen LogP contribution in [0.3, 0.4) is 0 Å². The Kier molecular flexibility index (Phi) is 5.24. The molecule has 162 valence electrons. The molecule has 0 bridgehead atoms. The fourth-order valence-corrected chi connectivity index (χ4v) is 4.03. The molecule has 0 saturated heterocycles. The van der Waals surface area contributed by atoms with Gasteiger partial charge in [0, 0.05) is 5.56 Å². The van der Waals surface area contributed by atoms with Crippen LogP contribution < -0.4 is 9.64 Å². The second kappa shape index (κ2) is 7.76. The van der Waals surface area contributed by atoms with Gasteiger partial charge in [-0.25, -0.2) is 0 Å². The van der Waals surface area contributed by atoms with Crippen LogP contribution in [0.2, 0.25) is 0 Å². The topological polar surface area (TPSA) is 58.2 Å². The van der Waals surface area contributed by atoms with Gasteiger partial charge in [-0.1, -0.05) is 38.1 Å². The third-order valence-electron chi connectivity index (χ3n) is 5.32. The Morgan fingerprint density at radius 2 is 1.90 bits per heavy atom. The average molecular weight is 429 g/mol. The Morgan fingerprint density at radius 3 is 2.58 bits per heavy atom. The van der Waals surface area contributed by atoms with Crippen LogP contribution in [0, 0.1) is 5.92 Å². The standard InChI is InChI=1S/C23H22F3N3O2/c1-13(2)11-16-19-20(28-27-16)22(30)29(17-9-4-5-10-18(17)31-3)21(19)14-7-6-8-15(12-14)23(24,25)26/h4-10,12-13,21H,11H2,1-3H3,(H,27,28). The molecule has 8 heteroatoms. The van der Waals surface area contributed by atoms with Gasteiger partial charge in [0.25, 0.3) is 5.91 Å². The van der Waals surface area contributed by atoms with Crippen LogP contribution >= 0.6 is 0 Å². The molecule has 4 rings (SSSR count). The highest BCUT2D eigenvalue weighted by Gasteiger charge is 2.44. The smallest absolute Gasteiger partial charge is 0.416 e. The number of ether oxygens (including phenoxy) is 1. The van der Waals surface area contributed by atoms with Gasteiger partial charge in [-0.3, -0.25) is 14.8 Å². The number of aromatic amines is 1. The molecule has 2 heterocycles. The van der Waals surface area contributed by atoms with Crippen molar-refractivity contribution in [2.45, 2.75) is 32.5 Å². The van der Waals surface area contributed by atoms with Gasteiger partial charge >= 0.3 is 6.18 Å². The molecule has 31 heavy (non-hydrogen) atoms. The van der Waals surface area contributed by atoms with Crippen molar-refractivity contribution in [3.8, 4) is 5.75 Å². The predicted molar refractivity (Wildman–Crippen MR) is 110 cm³/mol. The number of carbonyl (C=O) groups excluding carboxylic acids is 1. The first-order valence-corrected chi connectivity index (χ1v) is 9.93. The molecule has 0 spiro atoms. The van der Waals surface area contributed by atoms with Gasteiger partial charge in [0.05, 0.1) is 30.1 Å². The first-order valence-electron chi connectivity index (χ1n) is 9.93. The number of fused-ring (bicyclic) bond motifs is 1. The minimum Gasteiger partial charge on any atom is -0.495 e. The third kappa shape index (κ3) is 3.66. The summed E-state index contributed by atoms with van der Waals surface area (Å²) < 4.78 is 45.8. The lowest BCUT2D eigenvalue weighted by atomic mass is 9.94. The number of para-hydroxylation sites is 2. The summed E-state index contributed by atoms with van der Waals surface area (Å²) >= 11 is 0. The highest BCUT2D eigenvalue weighted by Crippen LogP contribution is 2.46. The van der Waals surface area contributed by atoms with Gasteiger partial charge < -0.3 is 4.74 Å². The maximum absolute atomic E-state index is 13.4. The summed E-state index contributed by atoms with van der Waals surface area (Å²) in [4.78, 5) is 14.9. The fourth-order valence-electron chi connectivity index (χ4n) is 4.03. The lowest BCUT2D eigenvalue weighted by Gasteiger charge is -2.28. The molecule has 1 unspecified atom stereocenters. The molecule has 1 atom stereocenters. The Balaban J connectivity index is 1.94. The van der Waals surface area contributed by atoms with E-state index in [1.807, 2.05) is 13.8 Å². The fraction of sp³-hybridized carbons (Fsp3) is 0.304. The Hall–Kier alpha value is -3.29. The van der Waals surface area contributed by atoms with E-state index in [1.54, 1.807) is 30.3 Å². The minimum absolute atomic E-state index is 0.255. The molecule has 3 aromatic rings. The van der Waals surface area contributed by atoms with Crippen molar-refractivity contribution in [2.24, 2.45) is 5.92 Å². The van der Waals surface area contributed by atoms with Gasteiger partial charge in [0.1, 0.15) is 11.4 Å². The minimum atomic E-state index is -4.49. The molecule has 5 nitrogen and oxygen atoms in total. The Labute approximate surface area is 177 Å². The van der Waals surface area contributed by atoms with Crippen molar-refractivity contribution in [3.05, 3.63) is 76.6 Å². The summed E-state index contributed by atoms with van der Waals surface area (Å²) in [6.45, 7) is 4.05. The van der Waals surface area contributed by atoms with E-state index < -0.39 is 17.8 Å². The highest BCUT2D eigenvalue weighted by molar-refractivity contribution is 6.11. The lowest BCUT2D eigenvalue weighted by molar-refractivity contribution is -0.137. The van der Waals surface area contributed by atoms with Crippen LogP contribution in [0.1, 0.15) is 52.8 Å². The van der Waals surface area contributed by atoms with E-state index in [0.717, 1.165) is 12.1 Å². The van der Waals surface area contributed by atoms with Gasteiger partial charge in [-0.15, -0.1) is 0 Å². The number of rotatable bonds is 5. The van der Waals surface area contributed by atoms with Gasteiger partial charge in [0.2, 0.25) is 0 Å². The van der Waals surface area contributed by atoms with Crippen LogP contribution in [0.15, 0.2) is 48.5 Å². The van der Waals surface area contributed by atoms with Crippen molar-refractivity contribution in [3.63, 3.8) is 0 Å². The molecule has 1 aromatic heterocycles. The molecule has 2 aromatic carbocycles. The SMILES string of the molecule is COc1ccccc1N1C(=O)c2[nH]nc(CC(C)C)c2C1c1cccc(C(F)(F)F)c1. The molecule has 0 saturated carbocycles. The van der Waals surface area contributed by atoms with Gasteiger partial charge in [-0.05, 0) is 42.2 Å². The number of nitrogens with one attached hydrogen (secondary N) is 1. The second-order valence-electron chi connectivity index (χ2n) is 7.93. The Morgan fingerprint density at radius 1 is 1.16 bits per heavy atom. The van der Waals surface area contributed by atoms with Crippen LogP contribution in [0.5, 0.6) is 5.75 Å². The van der Waals surface area contributed by atoms with Crippen LogP contribution in [-0.4, -0.2) is 23.2 Å². The van der Waals surface area contributed by atoms with Crippen molar-refractivity contribution < 1.29 is 22.7 Å². The van der Waals surface area contributed by atoms with Crippen molar-refractivity contribution >= 4 is 11.6 Å². The quantitative estimate of drug-likeness (QED) is 0.592. The number of methoxy groups -OCH3 is 1. The molecular weight excluding hydrogens is 407 g/mol. The molecule has 0 fully saturated rings. The summed E-state index contributed by atoms with van der Waals surface area (Å²) in [6, 6.07) is 11.3. The maximum atomic E-state index is 13.4. The number of H-pyrrole nitrogens is 1. The molecule has 1 N–H and O–H groups in total. The van der Waals surface area contributed by atoms with Crippen LogP contribution in [-0.2, 0) is 12.6 Å². The van der Waals surface area contributed by atoms with Crippen LogP contribution in [0.4, 0.5) is 18.9 Å². The van der Waals surface area contributed by atoms with E-state index in [0.29, 0.717) is 40.4 Å². The van der Waals surface area contributed by atoms with E-state index in [4.69, 9.17) is 4.74 Å². The van der Waals surface area contributed by atoms with E-state index in [-0.39, 0.29) is 11.8 Å². The summed E-state index contributed by atoms with van der Waals surface area (Å²) in [5, 5.41) is 7.14. The molecule has 0 radical (unpaired) electrons. The zero-order valence-corrected chi connectivity index (χ0v) is 17.3. The highest BCUT2D eigenvalue weighted by atomic mass is 19.4. The number of alkyl halides is 3. The summed E-state index contributed by atoms with van der Waals surface area (Å²) in [7, 11) is 1.49. The van der Waals surface area contributed by atoms with E-state index in [2.05, 4.69) is 10.2 Å². The van der Waals surface area contributed by atoms with Gasteiger partial charge in [0.15, 0.2) is 0 Å². The van der Waals surface area contributed by atoms with Crippen molar-refractivity contribution in [1.29, 1.82) is 0 Å². The summed E-state index contributed by atoms with van der Waals surface area (Å²) in [6.07, 6.45) is -3.90. The zero-order valence-electron chi connectivity index (χ0n) is 17.3. The monoisotopic (exact) mass is 429 g/mol. The van der Waals surface area contributed by atoms with E-state index in [9.17, 15) is 18.0 Å². The first-order chi connectivity index (χ1) is 14.7. The number of nitrogens with zero attached hydrogens (tertiary/aromatic N) is 2. The van der Waals surface area contributed by atoms with Crippen molar-refractivity contribution in [2.75, 3.05) is 12.0 Å². The second-order valence-corrected chi connectivity index (χ2v) is 7.93. The largest absolute Gasteiger partial charge is 0.495 e. The number of hydrogen-bond donors (Lipinski definition) is 1. The molecule has 1 aliphatic rings. The predicted octanol–water partition coefficient (Wildman–Crippen LogP) is 5.39. The number of amides is 1. The average Bonchev–Trinajstić information content (AvgIpc) is 3.26. The first kappa shape index (κ1) is 21.0. The molecule has 1 amide bonds. The molecular formula is C23H22F3N3O2. The van der Waals surface area contributed by atoms with Crippen molar-refractivity contribution in [1.82, 2.24) is 10.2 Å². The zero-order chi connectivity index (χ0) is 22.3. The number of anilines is 1. The summed E-state index contributed by atoms with van der Waals surface area (Å²) in [5.41, 5.74) is 1.67. The number of benzene rings is 2.